The highest BCUT2D eigenvalue weighted by Crippen LogP contribution is 2.20. The standard InChI is InChI=1S/C28H43N7O4/c1-4-35(5-2)28(38)33-24(27(36)37)13-16-34(17-18-39-25-20-30-21(3)19-31-25)15-7-6-10-23-12-11-22-9-8-14-29-26(22)32-23/h11-12,19-20,24H,4-10,13-18H2,1-3H3,(H,29,32)(H,33,38)(H,36,37)/t24-/m0/s1. The van der Waals surface area contributed by atoms with Crippen molar-refractivity contribution in [2.45, 2.75) is 65.3 Å². The number of ether oxygens (including phenoxy) is 1. The third-order valence-corrected chi connectivity index (χ3v) is 6.90. The van der Waals surface area contributed by atoms with Gasteiger partial charge in [0.1, 0.15) is 18.5 Å². The van der Waals surface area contributed by atoms with Crippen molar-refractivity contribution in [3.63, 3.8) is 0 Å². The van der Waals surface area contributed by atoms with E-state index in [-0.39, 0.29) is 6.03 Å². The number of aliphatic carboxylic acids is 1. The molecule has 0 radical (unpaired) electrons. The number of carbonyl (C=O) groups is 2. The molecule has 0 aromatic carbocycles. The van der Waals surface area contributed by atoms with E-state index in [9.17, 15) is 14.7 Å². The van der Waals surface area contributed by atoms with E-state index in [0.29, 0.717) is 45.1 Å². The Kier molecular flexibility index (Phi) is 12.2. The van der Waals surface area contributed by atoms with Crippen LogP contribution in [0.2, 0.25) is 0 Å². The van der Waals surface area contributed by atoms with E-state index in [1.165, 1.54) is 5.56 Å². The fourth-order valence-electron chi connectivity index (χ4n) is 4.54. The third kappa shape index (κ3) is 9.97. The highest BCUT2D eigenvalue weighted by molar-refractivity contribution is 5.82. The number of urea groups is 1. The third-order valence-electron chi connectivity index (χ3n) is 6.90. The molecule has 1 aliphatic rings. The lowest BCUT2D eigenvalue weighted by Gasteiger charge is -2.26. The lowest BCUT2D eigenvalue weighted by atomic mass is 10.1. The van der Waals surface area contributed by atoms with Gasteiger partial charge in [-0.05, 0) is 77.5 Å². The van der Waals surface area contributed by atoms with Crippen LogP contribution in [-0.4, -0.2) is 93.8 Å². The number of nitrogens with zero attached hydrogens (tertiary/aromatic N) is 5. The number of carbonyl (C=O) groups excluding carboxylic acids is 1. The average Bonchev–Trinajstić information content (AvgIpc) is 2.94. The summed E-state index contributed by atoms with van der Waals surface area (Å²) >= 11 is 0. The molecule has 3 heterocycles. The normalized spacial score (nSPS) is 13.3. The smallest absolute Gasteiger partial charge is 0.326 e. The van der Waals surface area contributed by atoms with E-state index in [4.69, 9.17) is 9.72 Å². The van der Waals surface area contributed by atoms with Crippen molar-refractivity contribution in [2.75, 3.05) is 51.2 Å². The Labute approximate surface area is 231 Å². The van der Waals surface area contributed by atoms with Crippen LogP contribution < -0.4 is 15.4 Å². The minimum atomic E-state index is -1.03. The molecule has 0 unspecified atom stereocenters. The van der Waals surface area contributed by atoms with Gasteiger partial charge in [0.05, 0.1) is 18.1 Å². The van der Waals surface area contributed by atoms with Gasteiger partial charge in [-0.2, -0.15) is 0 Å². The largest absolute Gasteiger partial charge is 0.480 e. The number of aromatic nitrogens is 3. The first-order chi connectivity index (χ1) is 18.9. The molecule has 2 aromatic rings. The van der Waals surface area contributed by atoms with E-state index >= 15 is 0 Å². The van der Waals surface area contributed by atoms with Crippen LogP contribution in [0.4, 0.5) is 10.6 Å². The number of rotatable bonds is 16. The zero-order chi connectivity index (χ0) is 28.0. The van der Waals surface area contributed by atoms with Gasteiger partial charge in [0, 0.05) is 38.4 Å². The molecule has 0 spiro atoms. The molecule has 11 nitrogen and oxygen atoms in total. The fourth-order valence-corrected chi connectivity index (χ4v) is 4.54. The van der Waals surface area contributed by atoms with Gasteiger partial charge in [-0.15, -0.1) is 0 Å². The first-order valence-corrected chi connectivity index (χ1v) is 14.0. The van der Waals surface area contributed by atoms with Crippen LogP contribution in [0.25, 0.3) is 0 Å². The summed E-state index contributed by atoms with van der Waals surface area (Å²) in [5, 5.41) is 15.8. The van der Waals surface area contributed by atoms with Crippen LogP contribution in [0, 0.1) is 6.92 Å². The van der Waals surface area contributed by atoms with Crippen LogP contribution in [0.1, 0.15) is 56.5 Å². The molecule has 2 amide bonds. The van der Waals surface area contributed by atoms with Crippen molar-refractivity contribution in [1.29, 1.82) is 0 Å². The molecule has 11 heteroatoms. The van der Waals surface area contributed by atoms with Gasteiger partial charge in [0.15, 0.2) is 0 Å². The summed E-state index contributed by atoms with van der Waals surface area (Å²) in [6, 6.07) is 2.99. The van der Waals surface area contributed by atoms with Gasteiger partial charge >= 0.3 is 12.0 Å². The summed E-state index contributed by atoms with van der Waals surface area (Å²) in [7, 11) is 0. The van der Waals surface area contributed by atoms with Crippen LogP contribution in [-0.2, 0) is 17.6 Å². The maximum atomic E-state index is 12.4. The number of carboxylic acid groups (broad SMARTS) is 1. The first-order valence-electron chi connectivity index (χ1n) is 14.0. The Hall–Kier alpha value is -3.47. The van der Waals surface area contributed by atoms with Crippen LogP contribution in [0.5, 0.6) is 5.88 Å². The highest BCUT2D eigenvalue weighted by Gasteiger charge is 2.23. The summed E-state index contributed by atoms with van der Waals surface area (Å²) in [6.45, 7) is 9.93. The molecule has 0 saturated heterocycles. The molecule has 3 N–H and O–H groups in total. The molecule has 0 bridgehead atoms. The zero-order valence-electron chi connectivity index (χ0n) is 23.5. The van der Waals surface area contributed by atoms with E-state index in [1.807, 2.05) is 20.8 Å². The number of aryl methyl sites for hydroxylation is 3. The zero-order valence-corrected chi connectivity index (χ0v) is 23.5. The minimum Gasteiger partial charge on any atom is -0.480 e. The summed E-state index contributed by atoms with van der Waals surface area (Å²) in [4.78, 5) is 41.3. The van der Waals surface area contributed by atoms with Crippen LogP contribution in [0.3, 0.4) is 0 Å². The summed E-state index contributed by atoms with van der Waals surface area (Å²) < 4.78 is 5.77. The van der Waals surface area contributed by atoms with E-state index in [1.54, 1.807) is 17.3 Å². The molecule has 0 saturated carbocycles. The molecule has 1 atom stereocenters. The Morgan fingerprint density at radius 3 is 2.67 bits per heavy atom. The number of pyridine rings is 1. The molecular formula is C28H43N7O4. The topological polar surface area (TPSA) is 133 Å². The van der Waals surface area contributed by atoms with Crippen molar-refractivity contribution in [3.8, 4) is 5.88 Å². The van der Waals surface area contributed by atoms with E-state index < -0.39 is 12.0 Å². The Morgan fingerprint density at radius 2 is 1.95 bits per heavy atom. The molecule has 3 rings (SSSR count). The quantitative estimate of drug-likeness (QED) is 0.274. The van der Waals surface area contributed by atoms with E-state index in [0.717, 1.165) is 62.4 Å². The van der Waals surface area contributed by atoms with Crippen LogP contribution in [0.15, 0.2) is 24.5 Å². The van der Waals surface area contributed by atoms with Crippen LogP contribution >= 0.6 is 0 Å². The van der Waals surface area contributed by atoms with Crippen molar-refractivity contribution in [1.82, 2.24) is 30.1 Å². The predicted molar refractivity (Wildman–Crippen MR) is 150 cm³/mol. The van der Waals surface area contributed by atoms with Gasteiger partial charge in [-0.3, -0.25) is 9.88 Å². The second-order valence-electron chi connectivity index (χ2n) is 9.79. The number of carboxylic acids is 1. The second kappa shape index (κ2) is 15.8. The van der Waals surface area contributed by atoms with Gasteiger partial charge < -0.3 is 25.4 Å². The van der Waals surface area contributed by atoms with Gasteiger partial charge in [0.2, 0.25) is 5.88 Å². The number of anilines is 1. The molecule has 0 fully saturated rings. The number of amides is 2. The first kappa shape index (κ1) is 30.1. The SMILES string of the molecule is CCN(CC)C(=O)N[C@@H](CCN(CCCCc1ccc2c(n1)NCCC2)CCOc1cnc(C)cn1)C(=O)O. The number of hydrogen-bond acceptors (Lipinski definition) is 8. The van der Waals surface area contributed by atoms with Gasteiger partial charge in [-0.1, -0.05) is 6.07 Å². The fraction of sp³-hybridized carbons (Fsp3) is 0.607. The van der Waals surface area contributed by atoms with Gasteiger partial charge in [-0.25, -0.2) is 19.6 Å². The molecule has 2 aromatic heterocycles. The van der Waals surface area contributed by atoms with E-state index in [2.05, 4.69) is 37.6 Å². The maximum absolute atomic E-state index is 12.4. The number of nitrogens with one attached hydrogen (secondary N) is 2. The lowest BCUT2D eigenvalue weighted by molar-refractivity contribution is -0.139. The average molecular weight is 542 g/mol. The molecular weight excluding hydrogens is 498 g/mol. The van der Waals surface area contributed by atoms with Gasteiger partial charge in [0.25, 0.3) is 0 Å². The second-order valence-corrected chi connectivity index (χ2v) is 9.79. The monoisotopic (exact) mass is 541 g/mol. The number of fused-ring (bicyclic) bond motifs is 1. The van der Waals surface area contributed by atoms with Crippen molar-refractivity contribution >= 4 is 17.8 Å². The lowest BCUT2D eigenvalue weighted by Crippen LogP contribution is -2.49. The number of hydrogen-bond donors (Lipinski definition) is 3. The Bertz CT molecular complexity index is 1050. The Balaban J connectivity index is 1.53. The van der Waals surface area contributed by atoms with Crippen molar-refractivity contribution in [3.05, 3.63) is 41.5 Å². The predicted octanol–water partition coefficient (Wildman–Crippen LogP) is 3.14. The molecule has 1 aliphatic heterocycles. The Morgan fingerprint density at radius 1 is 1.13 bits per heavy atom. The van der Waals surface area contributed by atoms with Crippen molar-refractivity contribution in [2.24, 2.45) is 0 Å². The summed E-state index contributed by atoms with van der Waals surface area (Å²) in [6.07, 6.45) is 8.56. The van der Waals surface area contributed by atoms with Crippen molar-refractivity contribution < 1.29 is 19.4 Å². The minimum absolute atomic E-state index is 0.296. The summed E-state index contributed by atoms with van der Waals surface area (Å²) in [5.41, 5.74) is 3.19. The maximum Gasteiger partial charge on any atom is 0.326 e. The number of unbranched alkanes of at least 4 members (excludes halogenated alkanes) is 1. The molecule has 39 heavy (non-hydrogen) atoms. The molecule has 214 valence electrons. The summed E-state index contributed by atoms with van der Waals surface area (Å²) in [5.74, 6) is 0.444. The highest BCUT2D eigenvalue weighted by atomic mass is 16.5. The molecule has 0 aliphatic carbocycles.